The van der Waals surface area contributed by atoms with Crippen molar-refractivity contribution in [1.29, 1.82) is 0 Å². The summed E-state index contributed by atoms with van der Waals surface area (Å²) in [5.41, 5.74) is 0.661. The summed E-state index contributed by atoms with van der Waals surface area (Å²) in [5.74, 6) is 1.17. The summed E-state index contributed by atoms with van der Waals surface area (Å²) in [4.78, 5) is 0. The number of hydrogen-bond donors (Lipinski definition) is 1. The minimum absolute atomic E-state index is 0.202. The molecule has 0 heterocycles. The van der Waals surface area contributed by atoms with Crippen molar-refractivity contribution in [3.05, 3.63) is 35.4 Å². The predicted octanol–water partition coefficient (Wildman–Crippen LogP) is 4.02. The fourth-order valence-corrected chi connectivity index (χ4v) is 5.29. The molecular weight excluding hydrogens is 256 g/mol. The predicted molar refractivity (Wildman–Crippen MR) is 74.1 cm³/mol. The van der Waals surface area contributed by atoms with E-state index < -0.39 is 11.6 Å². The molecule has 0 aliphatic heterocycles. The first-order valence-electron chi connectivity index (χ1n) is 7.81. The number of nitrogens with one attached hydrogen (secondary N) is 1. The third-order valence-corrected chi connectivity index (χ3v) is 5.72. The van der Waals surface area contributed by atoms with E-state index in [1.807, 2.05) is 0 Å². The van der Waals surface area contributed by atoms with E-state index in [1.165, 1.54) is 44.6 Å². The Labute approximate surface area is 118 Å². The van der Waals surface area contributed by atoms with Crippen LogP contribution in [0.1, 0.15) is 44.1 Å². The van der Waals surface area contributed by atoms with Crippen LogP contribution in [0.3, 0.4) is 0 Å². The van der Waals surface area contributed by atoms with E-state index >= 15 is 0 Å². The van der Waals surface area contributed by atoms with Crippen LogP contribution in [0.25, 0.3) is 0 Å². The summed E-state index contributed by atoms with van der Waals surface area (Å²) >= 11 is 0. The van der Waals surface area contributed by atoms with Gasteiger partial charge in [0, 0.05) is 17.6 Å². The lowest BCUT2D eigenvalue weighted by molar-refractivity contribution is -0.0207. The highest BCUT2D eigenvalue weighted by Gasteiger charge is 2.50. The van der Waals surface area contributed by atoms with Gasteiger partial charge in [-0.2, -0.15) is 0 Å². The summed E-state index contributed by atoms with van der Waals surface area (Å²) < 4.78 is 27.0. The Morgan fingerprint density at radius 1 is 1.00 bits per heavy atom. The van der Waals surface area contributed by atoms with E-state index in [2.05, 4.69) is 5.32 Å². The second kappa shape index (κ2) is 4.52. The Morgan fingerprint density at radius 2 is 1.60 bits per heavy atom. The molecule has 108 valence electrons. The molecule has 0 amide bonds. The summed E-state index contributed by atoms with van der Waals surface area (Å²) in [6.45, 7) is 0.454. The quantitative estimate of drug-likeness (QED) is 0.879. The molecule has 1 aromatic rings. The Balaban J connectivity index is 1.50. The largest absolute Gasteiger partial charge is 0.307 e. The monoisotopic (exact) mass is 277 g/mol. The van der Waals surface area contributed by atoms with E-state index in [0.717, 1.165) is 17.8 Å². The fraction of sp³-hybridized carbons (Fsp3) is 0.647. The molecule has 4 bridgehead atoms. The molecule has 20 heavy (non-hydrogen) atoms. The molecule has 0 atom stereocenters. The lowest BCUT2D eigenvalue weighted by atomic mass is 9.53. The van der Waals surface area contributed by atoms with Crippen molar-refractivity contribution in [2.24, 2.45) is 17.8 Å². The topological polar surface area (TPSA) is 12.0 Å². The van der Waals surface area contributed by atoms with Crippen molar-refractivity contribution >= 4 is 0 Å². The van der Waals surface area contributed by atoms with E-state index in [1.54, 1.807) is 12.1 Å². The van der Waals surface area contributed by atoms with Gasteiger partial charge < -0.3 is 5.32 Å². The van der Waals surface area contributed by atoms with Gasteiger partial charge in [-0.3, -0.25) is 0 Å². The van der Waals surface area contributed by atoms with Crippen molar-refractivity contribution in [3.63, 3.8) is 0 Å². The molecule has 0 aromatic heterocycles. The third kappa shape index (κ3) is 2.07. The van der Waals surface area contributed by atoms with Crippen LogP contribution >= 0.6 is 0 Å². The van der Waals surface area contributed by atoms with Crippen molar-refractivity contribution in [3.8, 4) is 0 Å². The maximum atomic E-state index is 13.7. The summed E-state index contributed by atoms with van der Waals surface area (Å²) in [6.07, 6.45) is 7.89. The highest BCUT2D eigenvalue weighted by Crippen LogP contribution is 2.55. The van der Waals surface area contributed by atoms with Gasteiger partial charge in [0.1, 0.15) is 0 Å². The van der Waals surface area contributed by atoms with Gasteiger partial charge in [0.25, 0.3) is 0 Å². The normalized spacial score (nSPS) is 38.4. The SMILES string of the molecule is Fc1cccc(CNC23CC4CC(CC(C4)C2)C3)c1F. The zero-order chi connectivity index (χ0) is 13.7. The van der Waals surface area contributed by atoms with Gasteiger partial charge in [-0.05, 0) is 62.3 Å². The Morgan fingerprint density at radius 3 is 2.20 bits per heavy atom. The molecule has 0 radical (unpaired) electrons. The first kappa shape index (κ1) is 12.8. The molecular formula is C17H21F2N. The highest BCUT2D eigenvalue weighted by molar-refractivity contribution is 5.19. The molecule has 4 fully saturated rings. The van der Waals surface area contributed by atoms with E-state index in [4.69, 9.17) is 0 Å². The van der Waals surface area contributed by atoms with Crippen LogP contribution in [0.5, 0.6) is 0 Å². The van der Waals surface area contributed by atoms with Gasteiger partial charge in [-0.1, -0.05) is 12.1 Å². The smallest absolute Gasteiger partial charge is 0.163 e. The molecule has 1 N–H and O–H groups in total. The maximum Gasteiger partial charge on any atom is 0.163 e. The Bertz CT molecular complexity index is 490. The molecule has 3 heteroatoms. The molecule has 4 aliphatic rings. The number of rotatable bonds is 3. The molecule has 1 nitrogen and oxygen atoms in total. The minimum Gasteiger partial charge on any atom is -0.307 e. The molecule has 0 unspecified atom stereocenters. The molecule has 4 aliphatic carbocycles. The van der Waals surface area contributed by atoms with Crippen LogP contribution in [-0.2, 0) is 6.54 Å². The van der Waals surface area contributed by atoms with E-state index in [9.17, 15) is 8.78 Å². The third-order valence-electron chi connectivity index (χ3n) is 5.72. The second-order valence-electron chi connectivity index (χ2n) is 7.26. The van der Waals surface area contributed by atoms with Crippen molar-refractivity contribution < 1.29 is 8.78 Å². The fourth-order valence-electron chi connectivity index (χ4n) is 5.29. The van der Waals surface area contributed by atoms with Crippen LogP contribution in [0.15, 0.2) is 18.2 Å². The first-order chi connectivity index (χ1) is 9.63. The van der Waals surface area contributed by atoms with Gasteiger partial charge in [0.15, 0.2) is 11.6 Å². The van der Waals surface area contributed by atoms with Crippen molar-refractivity contribution in [2.75, 3.05) is 0 Å². The second-order valence-corrected chi connectivity index (χ2v) is 7.26. The van der Waals surface area contributed by atoms with Gasteiger partial charge in [-0.15, -0.1) is 0 Å². The lowest BCUT2D eigenvalue weighted by Gasteiger charge is -2.57. The summed E-state index contributed by atoms with van der Waals surface area (Å²) in [6, 6.07) is 4.46. The van der Waals surface area contributed by atoms with E-state index in [0.29, 0.717) is 12.1 Å². The number of hydrogen-bond acceptors (Lipinski definition) is 1. The Kier molecular flexibility index (Phi) is 2.88. The number of benzene rings is 1. The standard InChI is InChI=1S/C17H21F2N/c18-15-3-1-2-14(16(15)19)10-20-17-7-11-4-12(8-17)6-13(5-11)9-17/h1-3,11-13,20H,4-10H2. The van der Waals surface area contributed by atoms with Gasteiger partial charge in [0.2, 0.25) is 0 Å². The number of halogens is 2. The average Bonchev–Trinajstić information content (AvgIpc) is 2.39. The van der Waals surface area contributed by atoms with Crippen LogP contribution in [0.2, 0.25) is 0 Å². The van der Waals surface area contributed by atoms with Crippen molar-refractivity contribution in [2.45, 2.75) is 50.6 Å². The summed E-state index contributed by atoms with van der Waals surface area (Å²) in [5, 5.41) is 3.60. The zero-order valence-corrected chi connectivity index (χ0v) is 11.7. The van der Waals surface area contributed by atoms with Crippen LogP contribution in [-0.4, -0.2) is 5.54 Å². The van der Waals surface area contributed by atoms with Crippen LogP contribution < -0.4 is 5.32 Å². The zero-order valence-electron chi connectivity index (χ0n) is 11.7. The average molecular weight is 277 g/mol. The first-order valence-corrected chi connectivity index (χ1v) is 7.81. The lowest BCUT2D eigenvalue weighted by Crippen LogP contribution is -2.58. The maximum absolute atomic E-state index is 13.7. The van der Waals surface area contributed by atoms with E-state index in [-0.39, 0.29) is 5.54 Å². The molecule has 5 rings (SSSR count). The molecule has 0 saturated heterocycles. The summed E-state index contributed by atoms with van der Waals surface area (Å²) in [7, 11) is 0. The van der Waals surface area contributed by atoms with Gasteiger partial charge >= 0.3 is 0 Å². The van der Waals surface area contributed by atoms with Crippen LogP contribution in [0, 0.1) is 29.4 Å². The Hall–Kier alpha value is -0.960. The highest BCUT2D eigenvalue weighted by atomic mass is 19.2. The van der Waals surface area contributed by atoms with Gasteiger partial charge in [0.05, 0.1) is 0 Å². The molecule has 4 saturated carbocycles. The molecule has 0 spiro atoms. The minimum atomic E-state index is -0.741. The van der Waals surface area contributed by atoms with Crippen molar-refractivity contribution in [1.82, 2.24) is 5.32 Å². The molecule has 1 aromatic carbocycles. The van der Waals surface area contributed by atoms with Gasteiger partial charge in [-0.25, -0.2) is 8.78 Å². The van der Waals surface area contributed by atoms with Crippen LogP contribution in [0.4, 0.5) is 8.78 Å².